The number of hydrogen-bond acceptors (Lipinski definition) is 2. The zero-order valence-corrected chi connectivity index (χ0v) is 10.7. The lowest BCUT2D eigenvalue weighted by atomic mass is 10.2. The molecule has 1 atom stereocenters. The number of nitrogens with one attached hydrogen (secondary N) is 3. The van der Waals surface area contributed by atoms with Crippen molar-refractivity contribution >= 4 is 17.6 Å². The van der Waals surface area contributed by atoms with Gasteiger partial charge in [0.2, 0.25) is 0 Å². The first-order valence-corrected chi connectivity index (χ1v) is 5.82. The fourth-order valence-corrected chi connectivity index (χ4v) is 1.50. The molecule has 0 aliphatic heterocycles. The normalized spacial score (nSPS) is 12.6. The summed E-state index contributed by atoms with van der Waals surface area (Å²) in [5, 5.41) is 11.9. The molecular weight excluding hydrogens is 273 g/mol. The molecule has 1 unspecified atom stereocenters. The molecule has 110 valence electrons. The molecule has 0 heterocycles. The number of nitrogens with two attached hydrogens (primary N) is 1. The van der Waals surface area contributed by atoms with Crippen LogP contribution in [-0.4, -0.2) is 17.9 Å². The summed E-state index contributed by atoms with van der Waals surface area (Å²) in [6.45, 7) is 1.72. The number of urea groups is 1. The van der Waals surface area contributed by atoms with Gasteiger partial charge in [-0.3, -0.25) is 5.41 Å². The predicted octanol–water partition coefficient (Wildman–Crippen LogP) is 2.54. The highest BCUT2D eigenvalue weighted by atomic mass is 19.4. The summed E-state index contributed by atoms with van der Waals surface area (Å²) < 4.78 is 37.5. The van der Waals surface area contributed by atoms with Crippen molar-refractivity contribution in [2.24, 2.45) is 5.73 Å². The van der Waals surface area contributed by atoms with Crippen LogP contribution in [0.3, 0.4) is 0 Å². The van der Waals surface area contributed by atoms with E-state index in [1.165, 1.54) is 12.1 Å². The first-order valence-electron chi connectivity index (χ1n) is 5.82. The van der Waals surface area contributed by atoms with Crippen molar-refractivity contribution < 1.29 is 18.0 Å². The Labute approximate surface area is 113 Å². The zero-order valence-electron chi connectivity index (χ0n) is 10.7. The van der Waals surface area contributed by atoms with Crippen LogP contribution >= 0.6 is 0 Å². The summed E-state index contributed by atoms with van der Waals surface area (Å²) in [5.74, 6) is -0.216. The van der Waals surface area contributed by atoms with Gasteiger partial charge in [0.1, 0.15) is 5.84 Å². The van der Waals surface area contributed by atoms with Crippen LogP contribution in [0.15, 0.2) is 24.3 Å². The van der Waals surface area contributed by atoms with E-state index in [1.807, 2.05) is 0 Å². The highest BCUT2D eigenvalue weighted by Gasteiger charge is 2.30. The Kier molecular flexibility index (Phi) is 4.95. The zero-order chi connectivity index (χ0) is 15.3. The highest BCUT2D eigenvalue weighted by molar-refractivity contribution is 5.94. The average molecular weight is 288 g/mol. The number of halogens is 3. The SMILES string of the molecule is CCC(NC(=O)Nc1cccc(C(F)(F)F)c1)C(=N)N. The molecule has 0 saturated heterocycles. The molecule has 1 aromatic rings. The van der Waals surface area contributed by atoms with E-state index in [2.05, 4.69) is 10.6 Å². The third-order valence-electron chi connectivity index (χ3n) is 2.54. The topological polar surface area (TPSA) is 91.0 Å². The third-order valence-corrected chi connectivity index (χ3v) is 2.54. The van der Waals surface area contributed by atoms with Gasteiger partial charge >= 0.3 is 12.2 Å². The monoisotopic (exact) mass is 288 g/mol. The van der Waals surface area contributed by atoms with Crippen molar-refractivity contribution in [2.45, 2.75) is 25.6 Å². The number of amides is 2. The van der Waals surface area contributed by atoms with Gasteiger partial charge in [-0.05, 0) is 24.6 Å². The van der Waals surface area contributed by atoms with Gasteiger partial charge in [-0.15, -0.1) is 0 Å². The van der Waals surface area contributed by atoms with E-state index in [9.17, 15) is 18.0 Å². The molecule has 1 aromatic carbocycles. The first kappa shape index (κ1) is 15.8. The van der Waals surface area contributed by atoms with Gasteiger partial charge in [-0.25, -0.2) is 4.79 Å². The number of alkyl halides is 3. The fraction of sp³-hybridized carbons (Fsp3) is 0.333. The second-order valence-corrected chi connectivity index (χ2v) is 4.09. The Bertz CT molecular complexity index is 502. The van der Waals surface area contributed by atoms with E-state index >= 15 is 0 Å². The van der Waals surface area contributed by atoms with Crippen molar-refractivity contribution in [2.75, 3.05) is 5.32 Å². The van der Waals surface area contributed by atoms with Gasteiger partial charge in [0, 0.05) is 5.69 Å². The van der Waals surface area contributed by atoms with E-state index in [1.54, 1.807) is 6.92 Å². The number of carbonyl (C=O) groups excluding carboxylic acids is 1. The fourth-order valence-electron chi connectivity index (χ4n) is 1.50. The lowest BCUT2D eigenvalue weighted by Crippen LogP contribution is -2.45. The average Bonchev–Trinajstić information content (AvgIpc) is 2.34. The van der Waals surface area contributed by atoms with Crippen LogP contribution in [-0.2, 0) is 6.18 Å². The number of anilines is 1. The molecule has 1 rings (SSSR count). The Balaban J connectivity index is 2.74. The van der Waals surface area contributed by atoms with Crippen molar-refractivity contribution in [1.29, 1.82) is 5.41 Å². The van der Waals surface area contributed by atoms with Crippen LogP contribution < -0.4 is 16.4 Å². The van der Waals surface area contributed by atoms with E-state index in [-0.39, 0.29) is 11.5 Å². The Morgan fingerprint density at radius 3 is 2.60 bits per heavy atom. The van der Waals surface area contributed by atoms with E-state index in [4.69, 9.17) is 11.1 Å². The van der Waals surface area contributed by atoms with Crippen LogP contribution in [0.4, 0.5) is 23.7 Å². The van der Waals surface area contributed by atoms with Gasteiger partial charge < -0.3 is 16.4 Å². The van der Waals surface area contributed by atoms with E-state index < -0.39 is 23.8 Å². The minimum atomic E-state index is -4.47. The first-order chi connectivity index (χ1) is 9.24. The van der Waals surface area contributed by atoms with Crippen LogP contribution in [0, 0.1) is 5.41 Å². The van der Waals surface area contributed by atoms with Crippen LogP contribution in [0.5, 0.6) is 0 Å². The smallest absolute Gasteiger partial charge is 0.386 e. The van der Waals surface area contributed by atoms with Gasteiger partial charge in [0.15, 0.2) is 0 Å². The van der Waals surface area contributed by atoms with Crippen LogP contribution in [0.25, 0.3) is 0 Å². The minimum Gasteiger partial charge on any atom is -0.386 e. The summed E-state index contributed by atoms with van der Waals surface area (Å²) in [6.07, 6.45) is -4.06. The summed E-state index contributed by atoms with van der Waals surface area (Å²) in [5.41, 5.74) is 4.42. The number of carbonyl (C=O) groups is 1. The Morgan fingerprint density at radius 1 is 1.45 bits per heavy atom. The molecule has 0 radical (unpaired) electrons. The molecule has 20 heavy (non-hydrogen) atoms. The molecule has 5 nitrogen and oxygen atoms in total. The molecule has 0 aromatic heterocycles. The molecular formula is C12H15F3N4O. The second kappa shape index (κ2) is 6.27. The predicted molar refractivity (Wildman–Crippen MR) is 69.6 cm³/mol. The Morgan fingerprint density at radius 2 is 2.10 bits per heavy atom. The van der Waals surface area contributed by atoms with Crippen molar-refractivity contribution in [3.05, 3.63) is 29.8 Å². The lowest BCUT2D eigenvalue weighted by molar-refractivity contribution is -0.137. The molecule has 0 aliphatic carbocycles. The van der Waals surface area contributed by atoms with Crippen molar-refractivity contribution in [1.82, 2.24) is 5.32 Å². The van der Waals surface area contributed by atoms with E-state index in [0.717, 1.165) is 12.1 Å². The second-order valence-electron chi connectivity index (χ2n) is 4.09. The Hall–Kier alpha value is -2.25. The summed E-state index contributed by atoms with van der Waals surface area (Å²) in [4.78, 5) is 11.6. The molecule has 0 spiro atoms. The maximum Gasteiger partial charge on any atom is 0.416 e. The maximum absolute atomic E-state index is 12.5. The van der Waals surface area contributed by atoms with Crippen molar-refractivity contribution in [3.8, 4) is 0 Å². The number of hydrogen-bond donors (Lipinski definition) is 4. The van der Waals surface area contributed by atoms with Gasteiger partial charge in [0.05, 0.1) is 11.6 Å². The van der Waals surface area contributed by atoms with Crippen LogP contribution in [0.1, 0.15) is 18.9 Å². The molecule has 8 heteroatoms. The summed E-state index contributed by atoms with van der Waals surface area (Å²) in [7, 11) is 0. The molecule has 0 bridgehead atoms. The van der Waals surface area contributed by atoms with E-state index in [0.29, 0.717) is 6.42 Å². The summed E-state index contributed by atoms with van der Waals surface area (Å²) in [6, 6.07) is 2.90. The van der Waals surface area contributed by atoms with Gasteiger partial charge in [0.25, 0.3) is 0 Å². The lowest BCUT2D eigenvalue weighted by Gasteiger charge is -2.16. The molecule has 0 aliphatic rings. The van der Waals surface area contributed by atoms with Gasteiger partial charge in [-0.1, -0.05) is 13.0 Å². The standard InChI is InChI=1S/C12H15F3N4O/c1-2-9(10(16)17)19-11(20)18-8-5-3-4-7(6-8)12(13,14)15/h3-6,9H,2H2,1H3,(H3,16,17)(H2,18,19,20). The number of benzene rings is 1. The number of rotatable bonds is 4. The van der Waals surface area contributed by atoms with Crippen LogP contribution in [0.2, 0.25) is 0 Å². The number of amidine groups is 1. The molecule has 0 saturated carbocycles. The largest absolute Gasteiger partial charge is 0.416 e. The van der Waals surface area contributed by atoms with Crippen molar-refractivity contribution in [3.63, 3.8) is 0 Å². The molecule has 5 N–H and O–H groups in total. The minimum absolute atomic E-state index is 0.00994. The van der Waals surface area contributed by atoms with Gasteiger partial charge in [-0.2, -0.15) is 13.2 Å². The summed E-state index contributed by atoms with van der Waals surface area (Å²) >= 11 is 0. The quantitative estimate of drug-likeness (QED) is 0.506. The maximum atomic E-state index is 12.5. The highest BCUT2D eigenvalue weighted by Crippen LogP contribution is 2.30. The molecule has 0 fully saturated rings. The molecule has 2 amide bonds. The third kappa shape index (κ3) is 4.45.